The summed E-state index contributed by atoms with van der Waals surface area (Å²) in [5.74, 6) is -1.62. The third kappa shape index (κ3) is 4.30. The molecule has 0 radical (unpaired) electrons. The summed E-state index contributed by atoms with van der Waals surface area (Å²) < 4.78 is 5.67. The van der Waals surface area contributed by atoms with E-state index in [1.807, 2.05) is 42.5 Å². The molecule has 2 aromatic rings. The summed E-state index contributed by atoms with van der Waals surface area (Å²) in [7, 11) is 1.57. The molecule has 3 amide bonds. The number of likely N-dealkylation sites (N-methyl/N-ethyl adjacent to an activating group) is 1. The van der Waals surface area contributed by atoms with Crippen molar-refractivity contribution in [2.24, 2.45) is 5.92 Å². The number of hydrogen-bond acceptors (Lipinski definition) is 4. The minimum atomic E-state index is -1.03. The first kappa shape index (κ1) is 21.4. The van der Waals surface area contributed by atoms with E-state index in [1.165, 1.54) is 4.90 Å². The van der Waals surface area contributed by atoms with Gasteiger partial charge in [-0.2, -0.15) is 0 Å². The van der Waals surface area contributed by atoms with Crippen LogP contribution in [-0.2, 0) is 9.59 Å². The van der Waals surface area contributed by atoms with Crippen LogP contribution in [0.2, 0.25) is 0 Å². The fourth-order valence-corrected chi connectivity index (χ4v) is 3.31. The van der Waals surface area contributed by atoms with Gasteiger partial charge in [-0.05, 0) is 43.5 Å². The Labute approximate surface area is 175 Å². The summed E-state index contributed by atoms with van der Waals surface area (Å²) in [6.07, 6.45) is 0.124. The SMILES string of the molecule is CN1C(=O)N(CCC(COc2ccc(-c3ccccc3)cc2)C(=O)O)C(=O)C1(C)C. The molecule has 0 saturated carbocycles. The number of imide groups is 1. The minimum Gasteiger partial charge on any atom is -0.493 e. The lowest BCUT2D eigenvalue weighted by Crippen LogP contribution is -2.41. The molecule has 3 rings (SSSR count). The number of carboxylic acids is 1. The summed E-state index contributed by atoms with van der Waals surface area (Å²) in [6.45, 7) is 3.34. The van der Waals surface area contributed by atoms with Crippen LogP contribution >= 0.6 is 0 Å². The highest BCUT2D eigenvalue weighted by molar-refractivity contribution is 6.06. The van der Waals surface area contributed by atoms with Crippen molar-refractivity contribution >= 4 is 17.9 Å². The van der Waals surface area contributed by atoms with E-state index in [0.717, 1.165) is 16.0 Å². The maximum Gasteiger partial charge on any atom is 0.327 e. The van der Waals surface area contributed by atoms with Gasteiger partial charge in [0.25, 0.3) is 5.91 Å². The number of rotatable bonds is 8. The molecular formula is C23H26N2O5. The van der Waals surface area contributed by atoms with Gasteiger partial charge in [0.2, 0.25) is 0 Å². The first-order chi connectivity index (χ1) is 14.2. The third-order valence-electron chi connectivity index (χ3n) is 5.59. The number of aliphatic carboxylic acids is 1. The highest BCUT2D eigenvalue weighted by Gasteiger charge is 2.49. The molecule has 1 fully saturated rings. The molecule has 1 atom stereocenters. The summed E-state index contributed by atoms with van der Waals surface area (Å²) in [5, 5.41) is 9.53. The Kier molecular flexibility index (Phi) is 6.10. The number of carboxylic acid groups (broad SMARTS) is 1. The van der Waals surface area contributed by atoms with Crippen LogP contribution in [0.4, 0.5) is 4.79 Å². The lowest BCUT2D eigenvalue weighted by Gasteiger charge is -2.22. The molecule has 30 heavy (non-hydrogen) atoms. The van der Waals surface area contributed by atoms with Gasteiger partial charge in [-0.15, -0.1) is 0 Å². The molecule has 1 aliphatic rings. The Morgan fingerprint density at radius 1 is 1.03 bits per heavy atom. The molecule has 7 nitrogen and oxygen atoms in total. The Bertz CT molecular complexity index is 924. The van der Waals surface area contributed by atoms with Gasteiger partial charge in [-0.25, -0.2) is 4.79 Å². The lowest BCUT2D eigenvalue weighted by molar-refractivity contribution is -0.143. The molecule has 2 aromatic carbocycles. The van der Waals surface area contributed by atoms with Crippen LogP contribution < -0.4 is 4.74 Å². The van der Waals surface area contributed by atoms with Gasteiger partial charge in [0.05, 0.1) is 5.92 Å². The Morgan fingerprint density at radius 3 is 2.17 bits per heavy atom. The van der Waals surface area contributed by atoms with E-state index in [1.54, 1.807) is 33.0 Å². The number of ether oxygens (including phenoxy) is 1. The van der Waals surface area contributed by atoms with Crippen LogP contribution in [0, 0.1) is 5.92 Å². The van der Waals surface area contributed by atoms with Crippen molar-refractivity contribution in [1.82, 2.24) is 9.80 Å². The van der Waals surface area contributed by atoms with Gasteiger partial charge < -0.3 is 14.7 Å². The molecule has 0 aliphatic carbocycles. The molecule has 1 aliphatic heterocycles. The normalized spacial score (nSPS) is 16.6. The Morgan fingerprint density at radius 2 is 1.63 bits per heavy atom. The average Bonchev–Trinajstić information content (AvgIpc) is 2.89. The van der Waals surface area contributed by atoms with E-state index in [0.29, 0.717) is 5.75 Å². The predicted octanol–water partition coefficient (Wildman–Crippen LogP) is 3.50. The third-order valence-corrected chi connectivity index (χ3v) is 5.59. The molecule has 0 bridgehead atoms. The molecule has 158 valence electrons. The Hall–Kier alpha value is -3.35. The zero-order chi connectivity index (χ0) is 21.9. The van der Waals surface area contributed by atoms with Crippen LogP contribution in [0.25, 0.3) is 11.1 Å². The first-order valence-corrected chi connectivity index (χ1v) is 9.82. The average molecular weight is 410 g/mol. The van der Waals surface area contributed by atoms with Crippen molar-refractivity contribution in [3.8, 4) is 16.9 Å². The Balaban J connectivity index is 1.58. The van der Waals surface area contributed by atoms with E-state index < -0.39 is 23.5 Å². The van der Waals surface area contributed by atoms with Crippen molar-refractivity contribution in [3.63, 3.8) is 0 Å². The van der Waals surface area contributed by atoms with E-state index in [9.17, 15) is 19.5 Å². The number of urea groups is 1. The molecule has 1 heterocycles. The zero-order valence-corrected chi connectivity index (χ0v) is 17.4. The quantitative estimate of drug-likeness (QED) is 0.673. The first-order valence-electron chi connectivity index (χ1n) is 9.82. The van der Waals surface area contributed by atoms with Crippen molar-refractivity contribution in [2.45, 2.75) is 25.8 Å². The van der Waals surface area contributed by atoms with E-state index in [-0.39, 0.29) is 25.5 Å². The van der Waals surface area contributed by atoms with Gasteiger partial charge in [0, 0.05) is 13.6 Å². The van der Waals surface area contributed by atoms with Crippen LogP contribution in [-0.4, -0.2) is 58.6 Å². The van der Waals surface area contributed by atoms with Crippen molar-refractivity contribution in [2.75, 3.05) is 20.2 Å². The summed E-state index contributed by atoms with van der Waals surface area (Å²) in [4.78, 5) is 38.9. The number of carbonyl (C=O) groups excluding carboxylic acids is 2. The van der Waals surface area contributed by atoms with Crippen LogP contribution in [0.1, 0.15) is 20.3 Å². The molecule has 1 saturated heterocycles. The second-order valence-corrected chi connectivity index (χ2v) is 7.88. The maximum atomic E-state index is 12.4. The van der Waals surface area contributed by atoms with Gasteiger partial charge in [-0.3, -0.25) is 14.5 Å². The summed E-state index contributed by atoms with van der Waals surface area (Å²) in [5.41, 5.74) is 1.20. The summed E-state index contributed by atoms with van der Waals surface area (Å²) >= 11 is 0. The van der Waals surface area contributed by atoms with E-state index in [2.05, 4.69) is 0 Å². The number of nitrogens with zero attached hydrogens (tertiary/aromatic N) is 2. The summed E-state index contributed by atoms with van der Waals surface area (Å²) in [6, 6.07) is 16.9. The van der Waals surface area contributed by atoms with Crippen molar-refractivity contribution < 1.29 is 24.2 Å². The monoisotopic (exact) mass is 410 g/mol. The van der Waals surface area contributed by atoms with Crippen molar-refractivity contribution in [3.05, 3.63) is 54.6 Å². The highest BCUT2D eigenvalue weighted by Crippen LogP contribution is 2.27. The molecule has 1 unspecified atom stereocenters. The lowest BCUT2D eigenvalue weighted by atomic mass is 10.0. The van der Waals surface area contributed by atoms with Gasteiger partial charge in [0.15, 0.2) is 0 Å². The molecule has 1 N–H and O–H groups in total. The van der Waals surface area contributed by atoms with Gasteiger partial charge in [0.1, 0.15) is 17.9 Å². The molecule has 0 spiro atoms. The largest absolute Gasteiger partial charge is 0.493 e. The van der Waals surface area contributed by atoms with E-state index in [4.69, 9.17) is 4.74 Å². The highest BCUT2D eigenvalue weighted by atomic mass is 16.5. The predicted molar refractivity (Wildman–Crippen MR) is 112 cm³/mol. The van der Waals surface area contributed by atoms with Crippen LogP contribution in [0.15, 0.2) is 54.6 Å². The van der Waals surface area contributed by atoms with Gasteiger partial charge in [-0.1, -0.05) is 42.5 Å². The maximum absolute atomic E-state index is 12.4. The van der Waals surface area contributed by atoms with E-state index >= 15 is 0 Å². The fourth-order valence-electron chi connectivity index (χ4n) is 3.31. The molecule has 0 aromatic heterocycles. The second-order valence-electron chi connectivity index (χ2n) is 7.88. The van der Waals surface area contributed by atoms with Crippen molar-refractivity contribution in [1.29, 1.82) is 0 Å². The topological polar surface area (TPSA) is 87.2 Å². The standard InChI is InChI=1S/C23H26N2O5/c1-23(2)21(28)25(22(29)24(23)3)14-13-18(20(26)27)15-30-19-11-9-17(10-12-19)16-7-5-4-6-8-16/h4-12,18H,13-15H2,1-3H3,(H,26,27). The second kappa shape index (κ2) is 8.57. The van der Waals surface area contributed by atoms with Gasteiger partial charge >= 0.3 is 12.0 Å². The number of benzene rings is 2. The molecule has 7 heteroatoms. The van der Waals surface area contributed by atoms with Crippen LogP contribution in [0.3, 0.4) is 0 Å². The zero-order valence-electron chi connectivity index (χ0n) is 17.4. The number of hydrogen-bond donors (Lipinski definition) is 1. The number of carbonyl (C=O) groups is 3. The minimum absolute atomic E-state index is 0.0404. The molecular weight excluding hydrogens is 384 g/mol. The van der Waals surface area contributed by atoms with Crippen LogP contribution in [0.5, 0.6) is 5.75 Å². The smallest absolute Gasteiger partial charge is 0.327 e. The fraction of sp³-hybridized carbons (Fsp3) is 0.348. The number of amides is 3.